The van der Waals surface area contributed by atoms with E-state index >= 15 is 0 Å². The Balaban J connectivity index is 5.22. The second-order valence-electron chi connectivity index (χ2n) is 4.93. The topological polar surface area (TPSA) is 23.8 Å². The first-order valence-corrected chi connectivity index (χ1v) is 4.79. The first kappa shape index (κ1) is 12.5. The van der Waals surface area contributed by atoms with Gasteiger partial charge in [-0.3, -0.25) is 0 Å². The smallest absolute Gasteiger partial charge is 0.0956 e. The summed E-state index contributed by atoms with van der Waals surface area (Å²) in [6.45, 7) is 12.3. The van der Waals surface area contributed by atoms with E-state index in [9.17, 15) is 0 Å². The summed E-state index contributed by atoms with van der Waals surface area (Å²) in [4.78, 5) is 0. The fraction of sp³-hybridized carbons (Fsp3) is 0.727. The number of rotatable bonds is 1. The molecule has 0 aliphatic heterocycles. The van der Waals surface area contributed by atoms with Gasteiger partial charge in [-0.15, -0.1) is 0 Å². The van der Waals surface area contributed by atoms with Crippen LogP contribution in [0.2, 0.25) is 0 Å². The molecule has 0 unspecified atom stereocenters. The minimum Gasteiger partial charge on any atom is -0.193 e. The highest BCUT2D eigenvalue weighted by molar-refractivity contribution is 6.30. The van der Waals surface area contributed by atoms with Crippen molar-refractivity contribution in [3.63, 3.8) is 0 Å². The van der Waals surface area contributed by atoms with Crippen molar-refractivity contribution in [1.82, 2.24) is 0 Å². The molecule has 0 spiro atoms. The molecule has 0 aliphatic carbocycles. The summed E-state index contributed by atoms with van der Waals surface area (Å²) in [5, 5.41) is 9.41. The van der Waals surface area contributed by atoms with Crippen LogP contribution in [-0.4, -0.2) is 0 Å². The van der Waals surface area contributed by atoms with Gasteiger partial charge >= 0.3 is 0 Å². The average Bonchev–Trinajstić information content (AvgIpc) is 1.99. The van der Waals surface area contributed by atoms with Crippen molar-refractivity contribution < 1.29 is 0 Å². The van der Waals surface area contributed by atoms with E-state index in [0.29, 0.717) is 10.6 Å². The van der Waals surface area contributed by atoms with E-state index in [1.807, 2.05) is 0 Å². The molecule has 2 heteroatoms. The quantitative estimate of drug-likeness (QED) is 0.584. The molecule has 0 aromatic rings. The molecule has 13 heavy (non-hydrogen) atoms. The normalized spacial score (nSPS) is 14.9. The van der Waals surface area contributed by atoms with E-state index in [4.69, 9.17) is 16.9 Å². The van der Waals surface area contributed by atoms with Crippen molar-refractivity contribution in [3.05, 3.63) is 10.6 Å². The molecular formula is C11H18ClN. The number of allylic oxidation sites excluding steroid dienone is 2. The zero-order valence-electron chi connectivity index (χ0n) is 9.33. The van der Waals surface area contributed by atoms with E-state index in [0.717, 1.165) is 0 Å². The summed E-state index contributed by atoms with van der Waals surface area (Å²) in [5.41, 5.74) is 0.512. The lowest BCUT2D eigenvalue weighted by atomic mass is 9.68. The van der Waals surface area contributed by atoms with Crippen molar-refractivity contribution in [2.75, 3.05) is 0 Å². The van der Waals surface area contributed by atoms with Gasteiger partial charge < -0.3 is 0 Å². The van der Waals surface area contributed by atoms with Gasteiger partial charge in [-0.25, -0.2) is 0 Å². The van der Waals surface area contributed by atoms with Gasteiger partial charge in [0.1, 0.15) is 0 Å². The summed E-state index contributed by atoms with van der Waals surface area (Å²) < 4.78 is 0. The highest BCUT2D eigenvalue weighted by atomic mass is 35.5. The Hall–Kier alpha value is -0.480. The van der Waals surface area contributed by atoms with Crippen molar-refractivity contribution in [2.24, 2.45) is 10.8 Å². The molecule has 74 valence electrons. The summed E-state index contributed by atoms with van der Waals surface area (Å²) >= 11 is 6.16. The second-order valence-corrected chi connectivity index (χ2v) is 5.30. The van der Waals surface area contributed by atoms with Gasteiger partial charge in [-0.1, -0.05) is 46.2 Å². The van der Waals surface area contributed by atoms with Crippen LogP contribution in [0.4, 0.5) is 0 Å². The zero-order valence-corrected chi connectivity index (χ0v) is 10.1. The van der Waals surface area contributed by atoms with Crippen molar-refractivity contribution >= 4 is 11.6 Å². The van der Waals surface area contributed by atoms with E-state index < -0.39 is 0 Å². The van der Waals surface area contributed by atoms with E-state index in [2.05, 4.69) is 40.7 Å². The van der Waals surface area contributed by atoms with Crippen molar-refractivity contribution in [1.29, 1.82) is 5.26 Å². The Morgan fingerprint density at radius 3 is 1.77 bits per heavy atom. The highest BCUT2D eigenvalue weighted by Gasteiger charge is 2.36. The number of hydrogen-bond acceptors (Lipinski definition) is 1. The first-order valence-electron chi connectivity index (χ1n) is 4.41. The molecule has 0 heterocycles. The maximum absolute atomic E-state index is 8.74. The maximum atomic E-state index is 8.74. The predicted molar refractivity (Wildman–Crippen MR) is 57.4 cm³/mol. The Kier molecular flexibility index (Phi) is 3.58. The van der Waals surface area contributed by atoms with Crippen LogP contribution in [0.25, 0.3) is 0 Å². The van der Waals surface area contributed by atoms with E-state index in [1.165, 1.54) is 0 Å². The van der Waals surface area contributed by atoms with Gasteiger partial charge in [-0.05, 0) is 12.3 Å². The third-order valence-electron chi connectivity index (χ3n) is 2.92. The van der Waals surface area contributed by atoms with E-state index in [1.54, 1.807) is 6.92 Å². The van der Waals surface area contributed by atoms with E-state index in [-0.39, 0.29) is 10.8 Å². The van der Waals surface area contributed by atoms with Gasteiger partial charge in [0.2, 0.25) is 0 Å². The maximum Gasteiger partial charge on any atom is 0.0956 e. The Morgan fingerprint density at radius 2 is 1.54 bits per heavy atom. The largest absolute Gasteiger partial charge is 0.193 e. The van der Waals surface area contributed by atoms with Gasteiger partial charge in [0.15, 0.2) is 0 Å². The second kappa shape index (κ2) is 3.72. The zero-order chi connectivity index (χ0) is 10.9. The summed E-state index contributed by atoms with van der Waals surface area (Å²) in [6.07, 6.45) is 0. The number of nitriles is 1. The number of hydrogen-bond donors (Lipinski definition) is 0. The van der Waals surface area contributed by atoms with Crippen LogP contribution >= 0.6 is 11.6 Å². The van der Waals surface area contributed by atoms with Crippen LogP contribution in [0.15, 0.2) is 10.6 Å². The molecule has 0 atom stereocenters. The molecule has 0 saturated heterocycles. The monoisotopic (exact) mass is 199 g/mol. The molecule has 0 radical (unpaired) electrons. The average molecular weight is 200 g/mol. The van der Waals surface area contributed by atoms with Crippen molar-refractivity contribution in [2.45, 2.75) is 41.5 Å². The molecule has 0 aromatic heterocycles. The SMILES string of the molecule is C/C(C#N)=C(/Cl)C(C)(C)C(C)(C)C. The molecule has 0 rings (SSSR count). The van der Waals surface area contributed by atoms with Gasteiger partial charge in [0.05, 0.1) is 6.07 Å². The molecule has 0 bridgehead atoms. The minimum absolute atomic E-state index is 0.0577. The molecule has 0 amide bonds. The Bertz CT molecular complexity index is 261. The Morgan fingerprint density at radius 1 is 1.15 bits per heavy atom. The van der Waals surface area contributed by atoms with Gasteiger partial charge in [0, 0.05) is 16.0 Å². The lowest BCUT2D eigenvalue weighted by Crippen LogP contribution is -2.30. The summed E-state index contributed by atoms with van der Waals surface area (Å²) in [5.74, 6) is 0. The molecule has 0 saturated carbocycles. The molecule has 1 nitrogen and oxygen atoms in total. The molecule has 0 fully saturated rings. The van der Waals surface area contributed by atoms with Gasteiger partial charge in [-0.2, -0.15) is 5.26 Å². The highest BCUT2D eigenvalue weighted by Crippen LogP contribution is 2.46. The summed E-state index contributed by atoms with van der Waals surface area (Å²) in [6, 6.07) is 2.09. The molecule has 0 aromatic carbocycles. The van der Waals surface area contributed by atoms with Crippen LogP contribution in [0.5, 0.6) is 0 Å². The van der Waals surface area contributed by atoms with Crippen LogP contribution in [-0.2, 0) is 0 Å². The molecular weight excluding hydrogens is 182 g/mol. The van der Waals surface area contributed by atoms with Crippen LogP contribution in [0, 0.1) is 22.2 Å². The number of nitrogens with zero attached hydrogens (tertiary/aromatic N) is 1. The fourth-order valence-electron chi connectivity index (χ4n) is 0.847. The van der Waals surface area contributed by atoms with Gasteiger partial charge in [0.25, 0.3) is 0 Å². The number of halogens is 1. The lowest BCUT2D eigenvalue weighted by molar-refractivity contribution is 0.186. The van der Waals surface area contributed by atoms with Crippen molar-refractivity contribution in [3.8, 4) is 6.07 Å². The lowest BCUT2D eigenvalue weighted by Gasteiger charge is -2.38. The third-order valence-corrected chi connectivity index (χ3v) is 3.68. The summed E-state index contributed by atoms with van der Waals surface area (Å²) in [7, 11) is 0. The first-order chi connectivity index (χ1) is 5.64. The Labute approximate surface area is 86.4 Å². The third kappa shape index (κ3) is 2.48. The van der Waals surface area contributed by atoms with Crippen LogP contribution < -0.4 is 0 Å². The molecule has 0 N–H and O–H groups in total. The minimum atomic E-state index is -0.158. The fourth-order valence-corrected chi connectivity index (χ4v) is 1.17. The predicted octanol–water partition coefficient (Wildman–Crippen LogP) is 4.10. The van der Waals surface area contributed by atoms with Crippen LogP contribution in [0.1, 0.15) is 41.5 Å². The standard InChI is InChI=1S/C11H18ClN/c1-8(7-13)9(12)11(5,6)10(2,3)4/h1-6H3/b9-8-. The molecule has 0 aliphatic rings. The van der Waals surface area contributed by atoms with Crippen LogP contribution in [0.3, 0.4) is 0 Å².